The van der Waals surface area contributed by atoms with Crippen molar-refractivity contribution in [2.45, 2.75) is 24.9 Å². The van der Waals surface area contributed by atoms with Crippen LogP contribution in [0.4, 0.5) is 4.39 Å². The van der Waals surface area contributed by atoms with E-state index >= 15 is 0 Å². The Kier molecular flexibility index (Phi) is 6.50. The Hall–Kier alpha value is -1.99. The second-order valence-corrected chi connectivity index (χ2v) is 6.81. The lowest BCUT2D eigenvalue weighted by Gasteiger charge is -2.39. The van der Waals surface area contributed by atoms with Gasteiger partial charge < -0.3 is 14.9 Å². The molecule has 6 nitrogen and oxygen atoms in total. The average molecular weight is 351 g/mol. The van der Waals surface area contributed by atoms with Crippen molar-refractivity contribution < 1.29 is 19.1 Å². The first-order chi connectivity index (χ1) is 11.8. The molecule has 0 aliphatic carbocycles. The average Bonchev–Trinajstić information content (AvgIpc) is 2.55. The molecule has 0 bridgehead atoms. The molecule has 1 saturated heterocycles. The maximum atomic E-state index is 13.2. The molecule has 7 heteroatoms. The van der Waals surface area contributed by atoms with E-state index in [0.29, 0.717) is 5.56 Å². The van der Waals surface area contributed by atoms with Gasteiger partial charge in [0.1, 0.15) is 18.4 Å². The van der Waals surface area contributed by atoms with E-state index in [1.165, 1.54) is 17.0 Å². The Morgan fingerprint density at radius 3 is 2.28 bits per heavy atom. The minimum atomic E-state index is -1.02. The first kappa shape index (κ1) is 19.3. The summed E-state index contributed by atoms with van der Waals surface area (Å²) < 4.78 is 13.2. The van der Waals surface area contributed by atoms with Gasteiger partial charge >= 0.3 is 5.97 Å². The van der Waals surface area contributed by atoms with Crippen molar-refractivity contribution in [2.75, 3.05) is 40.8 Å². The van der Waals surface area contributed by atoms with Crippen LogP contribution in [0, 0.1) is 5.82 Å². The van der Waals surface area contributed by atoms with E-state index in [2.05, 4.69) is 4.90 Å². The summed E-state index contributed by atoms with van der Waals surface area (Å²) in [7, 11) is 5.54. The van der Waals surface area contributed by atoms with E-state index in [-0.39, 0.29) is 24.3 Å². The molecule has 1 atom stereocenters. The Bertz CT molecular complexity index is 598. The van der Waals surface area contributed by atoms with Crippen LogP contribution in [-0.2, 0) is 9.59 Å². The zero-order chi connectivity index (χ0) is 18.6. The molecule has 138 valence electrons. The lowest BCUT2D eigenvalue weighted by molar-refractivity contribution is -0.149. The van der Waals surface area contributed by atoms with Crippen LogP contribution in [0.25, 0.3) is 0 Å². The lowest BCUT2D eigenvalue weighted by Crippen LogP contribution is -2.51. The van der Waals surface area contributed by atoms with Gasteiger partial charge in [0.05, 0.1) is 0 Å². The molecule has 1 aliphatic rings. The van der Waals surface area contributed by atoms with Gasteiger partial charge in [-0.3, -0.25) is 14.5 Å². The molecular weight excluding hydrogens is 325 g/mol. The first-order valence-electron chi connectivity index (χ1n) is 8.42. The SMILES string of the molecule is CN1CCC(N(CC(=O)O)C(=O)[C@@H](c2ccc(F)cc2)N(C)C)CC1. The number of carbonyl (C=O) groups excluding carboxylic acids is 1. The number of piperidine rings is 1. The molecule has 2 rings (SSSR count). The number of carbonyl (C=O) groups is 2. The van der Waals surface area contributed by atoms with Crippen LogP contribution in [-0.4, -0.2) is 78.5 Å². The summed E-state index contributed by atoms with van der Waals surface area (Å²) in [6.07, 6.45) is 1.50. The third-order valence-corrected chi connectivity index (χ3v) is 4.65. The third-order valence-electron chi connectivity index (χ3n) is 4.65. The molecule has 0 saturated carbocycles. The van der Waals surface area contributed by atoms with E-state index in [1.807, 2.05) is 7.05 Å². The van der Waals surface area contributed by atoms with Crippen LogP contribution in [0.3, 0.4) is 0 Å². The number of benzene rings is 1. The Morgan fingerprint density at radius 1 is 1.24 bits per heavy atom. The smallest absolute Gasteiger partial charge is 0.323 e. The minimum Gasteiger partial charge on any atom is -0.480 e. The summed E-state index contributed by atoms with van der Waals surface area (Å²) in [6, 6.07) is 5.05. The minimum absolute atomic E-state index is 0.0947. The lowest BCUT2D eigenvalue weighted by atomic mass is 9.99. The molecule has 0 aromatic heterocycles. The normalized spacial score (nSPS) is 17.5. The number of rotatable bonds is 6. The van der Waals surface area contributed by atoms with Gasteiger partial charge in [-0.2, -0.15) is 0 Å². The topological polar surface area (TPSA) is 64.1 Å². The highest BCUT2D eigenvalue weighted by Crippen LogP contribution is 2.25. The molecule has 1 amide bonds. The predicted octanol–water partition coefficient (Wildman–Crippen LogP) is 1.44. The van der Waals surface area contributed by atoms with Crippen molar-refractivity contribution in [1.29, 1.82) is 0 Å². The molecule has 1 aliphatic heterocycles. The van der Waals surface area contributed by atoms with Gasteiger partial charge in [-0.1, -0.05) is 12.1 Å². The van der Waals surface area contributed by atoms with Crippen LogP contribution in [0.2, 0.25) is 0 Å². The van der Waals surface area contributed by atoms with Crippen LogP contribution < -0.4 is 0 Å². The highest BCUT2D eigenvalue weighted by atomic mass is 19.1. The monoisotopic (exact) mass is 351 g/mol. The zero-order valence-corrected chi connectivity index (χ0v) is 15.0. The zero-order valence-electron chi connectivity index (χ0n) is 15.0. The van der Waals surface area contributed by atoms with Gasteiger partial charge in [0.15, 0.2) is 0 Å². The van der Waals surface area contributed by atoms with E-state index in [9.17, 15) is 19.1 Å². The summed E-state index contributed by atoms with van der Waals surface area (Å²) in [5, 5.41) is 9.28. The number of amides is 1. The standard InChI is InChI=1S/C18H26FN3O3/c1-20(2)17(13-4-6-14(19)7-5-13)18(25)22(12-16(23)24)15-8-10-21(3)11-9-15/h4-7,15,17H,8-12H2,1-3H3,(H,23,24)/t17-/m1/s1. The molecule has 0 unspecified atom stereocenters. The van der Waals surface area contributed by atoms with Crippen molar-refractivity contribution in [3.63, 3.8) is 0 Å². The predicted molar refractivity (Wildman–Crippen MR) is 92.7 cm³/mol. The summed E-state index contributed by atoms with van der Waals surface area (Å²) in [5.41, 5.74) is 0.653. The van der Waals surface area contributed by atoms with Gasteiger partial charge in [0.25, 0.3) is 0 Å². The van der Waals surface area contributed by atoms with E-state index in [1.54, 1.807) is 31.1 Å². The molecule has 1 N–H and O–H groups in total. The first-order valence-corrected chi connectivity index (χ1v) is 8.42. The number of nitrogens with zero attached hydrogens (tertiary/aromatic N) is 3. The van der Waals surface area contributed by atoms with Crippen LogP contribution in [0.5, 0.6) is 0 Å². The number of aliphatic carboxylic acids is 1. The summed E-state index contributed by atoms with van der Waals surface area (Å²) in [5.74, 6) is -1.65. The molecule has 0 spiro atoms. The van der Waals surface area contributed by atoms with Crippen molar-refractivity contribution in [1.82, 2.24) is 14.7 Å². The molecular formula is C18H26FN3O3. The number of hydrogen-bond acceptors (Lipinski definition) is 4. The van der Waals surface area contributed by atoms with E-state index in [0.717, 1.165) is 25.9 Å². The highest BCUT2D eigenvalue weighted by molar-refractivity contribution is 5.86. The molecule has 1 aromatic carbocycles. The third kappa shape index (κ3) is 4.99. The Labute approximate surface area is 147 Å². The van der Waals surface area contributed by atoms with E-state index < -0.39 is 12.0 Å². The van der Waals surface area contributed by atoms with Crippen molar-refractivity contribution in [3.05, 3.63) is 35.6 Å². The number of likely N-dealkylation sites (N-methyl/N-ethyl adjacent to an activating group) is 1. The van der Waals surface area contributed by atoms with Crippen molar-refractivity contribution in [2.24, 2.45) is 0 Å². The molecule has 1 aromatic rings. The number of likely N-dealkylation sites (tertiary alicyclic amines) is 1. The quantitative estimate of drug-likeness (QED) is 0.840. The summed E-state index contributed by atoms with van der Waals surface area (Å²) in [4.78, 5) is 29.9. The number of carboxylic acids is 1. The van der Waals surface area contributed by atoms with Crippen LogP contribution in [0.1, 0.15) is 24.4 Å². The number of halogens is 1. The summed E-state index contributed by atoms with van der Waals surface area (Å²) in [6.45, 7) is 1.34. The molecule has 25 heavy (non-hydrogen) atoms. The molecule has 1 heterocycles. The van der Waals surface area contributed by atoms with Crippen LogP contribution in [0.15, 0.2) is 24.3 Å². The largest absolute Gasteiger partial charge is 0.480 e. The fourth-order valence-corrected chi connectivity index (χ4v) is 3.30. The molecule has 0 radical (unpaired) electrons. The molecule has 1 fully saturated rings. The second-order valence-electron chi connectivity index (χ2n) is 6.81. The number of carboxylic acid groups (broad SMARTS) is 1. The van der Waals surface area contributed by atoms with E-state index in [4.69, 9.17) is 0 Å². The van der Waals surface area contributed by atoms with Crippen molar-refractivity contribution >= 4 is 11.9 Å². The van der Waals surface area contributed by atoms with Gasteiger partial charge in [-0.25, -0.2) is 4.39 Å². The van der Waals surface area contributed by atoms with Gasteiger partial charge in [-0.05, 0) is 64.8 Å². The summed E-state index contributed by atoms with van der Waals surface area (Å²) >= 11 is 0. The Balaban J connectivity index is 2.27. The van der Waals surface area contributed by atoms with Gasteiger partial charge in [-0.15, -0.1) is 0 Å². The van der Waals surface area contributed by atoms with Gasteiger partial charge in [0, 0.05) is 6.04 Å². The fraction of sp³-hybridized carbons (Fsp3) is 0.556. The highest BCUT2D eigenvalue weighted by Gasteiger charge is 2.34. The fourth-order valence-electron chi connectivity index (χ4n) is 3.30. The van der Waals surface area contributed by atoms with Gasteiger partial charge in [0.2, 0.25) is 5.91 Å². The number of hydrogen-bond donors (Lipinski definition) is 1. The second kappa shape index (κ2) is 8.40. The maximum absolute atomic E-state index is 13.2. The maximum Gasteiger partial charge on any atom is 0.323 e. The Morgan fingerprint density at radius 2 is 1.80 bits per heavy atom. The van der Waals surface area contributed by atoms with Crippen molar-refractivity contribution in [3.8, 4) is 0 Å². The van der Waals surface area contributed by atoms with Crippen LogP contribution >= 0.6 is 0 Å².